The lowest BCUT2D eigenvalue weighted by Gasteiger charge is -2.41. The van der Waals surface area contributed by atoms with E-state index in [1.54, 1.807) is 4.90 Å². The predicted octanol–water partition coefficient (Wildman–Crippen LogP) is 4.19. The number of carboxylic acids is 1. The van der Waals surface area contributed by atoms with Gasteiger partial charge in [0.05, 0.1) is 17.9 Å². The molecular weight excluding hydrogens is 432 g/mol. The minimum absolute atomic E-state index is 0.0168. The lowest BCUT2D eigenvalue weighted by Crippen LogP contribution is -2.53. The van der Waals surface area contributed by atoms with Crippen molar-refractivity contribution in [1.29, 1.82) is 0 Å². The average molecular weight is 473 g/mol. The normalized spacial score (nSPS) is 21.4. The molecule has 1 fully saturated rings. The fourth-order valence-electron chi connectivity index (χ4n) is 5.22. The van der Waals surface area contributed by atoms with E-state index in [1.807, 2.05) is 18.2 Å². The minimum atomic E-state index is -0.961. The third-order valence-electron chi connectivity index (χ3n) is 7.21. The van der Waals surface area contributed by atoms with Gasteiger partial charge < -0.3 is 20.1 Å². The molecule has 7 nitrogen and oxygen atoms in total. The van der Waals surface area contributed by atoms with Gasteiger partial charge in [-0.2, -0.15) is 0 Å². The third kappa shape index (κ3) is 7.21. The summed E-state index contributed by atoms with van der Waals surface area (Å²) in [5.74, 6) is 0.312. The van der Waals surface area contributed by atoms with Crippen LogP contribution in [0.3, 0.4) is 0 Å². The van der Waals surface area contributed by atoms with Gasteiger partial charge in [0.15, 0.2) is 0 Å². The molecular formula is C27H40N2O5. The van der Waals surface area contributed by atoms with E-state index >= 15 is 0 Å². The van der Waals surface area contributed by atoms with E-state index < -0.39 is 11.4 Å². The Labute approximate surface area is 203 Å². The van der Waals surface area contributed by atoms with Crippen molar-refractivity contribution >= 4 is 17.8 Å². The molecule has 3 rings (SSSR count). The van der Waals surface area contributed by atoms with Gasteiger partial charge in [-0.05, 0) is 56.1 Å². The van der Waals surface area contributed by atoms with Crippen LogP contribution in [0.4, 0.5) is 0 Å². The van der Waals surface area contributed by atoms with Crippen molar-refractivity contribution in [1.82, 2.24) is 10.2 Å². The Hall–Kier alpha value is -2.57. The van der Waals surface area contributed by atoms with Crippen molar-refractivity contribution in [2.24, 2.45) is 11.3 Å². The van der Waals surface area contributed by atoms with Crippen molar-refractivity contribution in [3.8, 4) is 5.75 Å². The highest BCUT2D eigenvalue weighted by Crippen LogP contribution is 2.38. The second-order valence-electron chi connectivity index (χ2n) is 10.3. The Kier molecular flexibility index (Phi) is 9.36. The number of likely N-dealkylation sites (tertiary alicyclic amines) is 1. The lowest BCUT2D eigenvalue weighted by atomic mass is 9.73. The van der Waals surface area contributed by atoms with Crippen LogP contribution >= 0.6 is 0 Å². The van der Waals surface area contributed by atoms with Crippen LogP contribution in [0.2, 0.25) is 0 Å². The molecule has 2 aliphatic heterocycles. The van der Waals surface area contributed by atoms with Crippen molar-refractivity contribution in [3.05, 3.63) is 29.8 Å². The summed E-state index contributed by atoms with van der Waals surface area (Å²) < 4.78 is 6.22. The standard InChI is InChI=1S/C27H40N2O5/c1-20(2)18-22-19-34-23-10-6-5-9-21(23)8-4-3-7-13-27(26(33)28-22)14-16-29(17-15-27)24(30)11-12-25(31)32/h5-6,9-10,20,22H,3-4,7-8,11-19H2,1-2H3,(H,28,33)(H,31,32)/t22-/m0/s1. The molecule has 1 atom stereocenters. The molecule has 1 aromatic carbocycles. The van der Waals surface area contributed by atoms with Crippen LogP contribution in [0, 0.1) is 11.3 Å². The summed E-state index contributed by atoms with van der Waals surface area (Å²) in [6.45, 7) is 5.75. The van der Waals surface area contributed by atoms with Crippen LogP contribution in [-0.4, -0.2) is 53.5 Å². The number of benzene rings is 1. The van der Waals surface area contributed by atoms with E-state index in [2.05, 4.69) is 25.2 Å². The number of aryl methyl sites for hydroxylation is 1. The highest BCUT2D eigenvalue weighted by atomic mass is 16.5. The zero-order valence-electron chi connectivity index (χ0n) is 20.7. The molecule has 0 bridgehead atoms. The number of aliphatic carboxylic acids is 1. The van der Waals surface area contributed by atoms with Gasteiger partial charge in [-0.25, -0.2) is 0 Å². The summed E-state index contributed by atoms with van der Waals surface area (Å²) in [7, 11) is 0. The molecule has 34 heavy (non-hydrogen) atoms. The molecule has 2 N–H and O–H groups in total. The zero-order valence-corrected chi connectivity index (χ0v) is 20.7. The summed E-state index contributed by atoms with van der Waals surface area (Å²) in [4.78, 5) is 38.7. The molecule has 188 valence electrons. The number of piperidine rings is 1. The van der Waals surface area contributed by atoms with E-state index in [0.717, 1.165) is 44.3 Å². The van der Waals surface area contributed by atoms with Crippen molar-refractivity contribution in [3.63, 3.8) is 0 Å². The monoisotopic (exact) mass is 472 g/mol. The maximum Gasteiger partial charge on any atom is 0.303 e. The second kappa shape index (κ2) is 12.2. The molecule has 7 heteroatoms. The Morgan fingerprint density at radius 3 is 2.56 bits per heavy atom. The van der Waals surface area contributed by atoms with Gasteiger partial charge in [0, 0.05) is 19.5 Å². The number of ether oxygens (including phenoxy) is 1. The molecule has 0 aliphatic carbocycles. The first kappa shape index (κ1) is 26.0. The maximum absolute atomic E-state index is 13.7. The predicted molar refractivity (Wildman–Crippen MR) is 131 cm³/mol. The summed E-state index contributed by atoms with van der Waals surface area (Å²) in [6.07, 6.45) is 6.77. The van der Waals surface area contributed by atoms with E-state index in [9.17, 15) is 14.4 Å². The molecule has 2 heterocycles. The van der Waals surface area contributed by atoms with Gasteiger partial charge in [0.25, 0.3) is 0 Å². The third-order valence-corrected chi connectivity index (χ3v) is 7.21. The number of hydrogen-bond acceptors (Lipinski definition) is 4. The minimum Gasteiger partial charge on any atom is -0.491 e. The van der Waals surface area contributed by atoms with E-state index in [0.29, 0.717) is 38.5 Å². The average Bonchev–Trinajstić information content (AvgIpc) is 2.81. The molecule has 1 saturated heterocycles. The van der Waals surface area contributed by atoms with Gasteiger partial charge in [0.1, 0.15) is 12.4 Å². The molecule has 0 aromatic heterocycles. The summed E-state index contributed by atoms with van der Waals surface area (Å²) in [5, 5.41) is 12.2. The number of carbonyl (C=O) groups excluding carboxylic acids is 2. The van der Waals surface area contributed by atoms with Crippen LogP contribution in [0.1, 0.15) is 77.2 Å². The molecule has 2 amide bonds. The lowest BCUT2D eigenvalue weighted by molar-refractivity contribution is -0.144. The highest BCUT2D eigenvalue weighted by molar-refractivity contribution is 5.84. The van der Waals surface area contributed by atoms with Gasteiger partial charge in [-0.1, -0.05) is 44.9 Å². The largest absolute Gasteiger partial charge is 0.491 e. The first-order valence-electron chi connectivity index (χ1n) is 12.8. The van der Waals surface area contributed by atoms with Crippen molar-refractivity contribution in [2.45, 2.75) is 84.1 Å². The number of nitrogens with one attached hydrogen (secondary N) is 1. The van der Waals surface area contributed by atoms with Crippen LogP contribution in [-0.2, 0) is 20.8 Å². The Morgan fingerprint density at radius 2 is 1.85 bits per heavy atom. The SMILES string of the molecule is CC(C)C[C@H]1COc2ccccc2CCCCCC2(CCN(C(=O)CCC(=O)O)CC2)C(=O)N1. The summed E-state index contributed by atoms with van der Waals surface area (Å²) >= 11 is 0. The van der Waals surface area contributed by atoms with Crippen LogP contribution in [0.25, 0.3) is 0 Å². The first-order valence-corrected chi connectivity index (χ1v) is 12.8. The Bertz CT molecular complexity index is 845. The van der Waals surface area contributed by atoms with E-state index in [4.69, 9.17) is 9.84 Å². The molecule has 0 unspecified atom stereocenters. The second-order valence-corrected chi connectivity index (χ2v) is 10.3. The fourth-order valence-corrected chi connectivity index (χ4v) is 5.22. The molecule has 1 aromatic rings. The number of fused-ring (bicyclic) bond motifs is 1. The molecule has 2 aliphatic rings. The first-order chi connectivity index (χ1) is 16.3. The fraction of sp³-hybridized carbons (Fsp3) is 0.667. The Morgan fingerprint density at radius 1 is 1.12 bits per heavy atom. The number of para-hydroxylation sites is 1. The smallest absolute Gasteiger partial charge is 0.303 e. The zero-order chi connectivity index (χ0) is 24.6. The van der Waals surface area contributed by atoms with Gasteiger partial charge >= 0.3 is 5.97 Å². The van der Waals surface area contributed by atoms with Crippen molar-refractivity contribution in [2.75, 3.05) is 19.7 Å². The molecule has 1 spiro atoms. The number of amides is 2. The number of hydrogen-bond donors (Lipinski definition) is 2. The van der Waals surface area contributed by atoms with E-state index in [1.165, 1.54) is 5.56 Å². The van der Waals surface area contributed by atoms with E-state index in [-0.39, 0.29) is 30.7 Å². The Balaban J connectivity index is 1.72. The molecule has 0 radical (unpaired) electrons. The summed E-state index contributed by atoms with van der Waals surface area (Å²) in [6, 6.07) is 8.11. The van der Waals surface area contributed by atoms with Crippen LogP contribution in [0.5, 0.6) is 5.75 Å². The molecule has 0 saturated carbocycles. The number of rotatable bonds is 5. The highest BCUT2D eigenvalue weighted by Gasteiger charge is 2.42. The van der Waals surface area contributed by atoms with Crippen molar-refractivity contribution < 1.29 is 24.2 Å². The number of carbonyl (C=O) groups is 3. The summed E-state index contributed by atoms with van der Waals surface area (Å²) in [5.41, 5.74) is 0.735. The topological polar surface area (TPSA) is 95.9 Å². The number of carboxylic acid groups (broad SMARTS) is 1. The maximum atomic E-state index is 13.7. The quantitative estimate of drug-likeness (QED) is 0.670. The van der Waals surface area contributed by atoms with Gasteiger partial charge in [0.2, 0.25) is 11.8 Å². The number of nitrogens with zero attached hydrogens (tertiary/aromatic N) is 1. The van der Waals surface area contributed by atoms with Gasteiger partial charge in [-0.15, -0.1) is 0 Å². The van der Waals surface area contributed by atoms with Crippen LogP contribution in [0.15, 0.2) is 24.3 Å². The van der Waals surface area contributed by atoms with Crippen LogP contribution < -0.4 is 10.1 Å². The van der Waals surface area contributed by atoms with Gasteiger partial charge in [-0.3, -0.25) is 14.4 Å².